The molecule has 1 saturated heterocycles. The number of sulfonamides is 1. The van der Waals surface area contributed by atoms with Gasteiger partial charge >= 0.3 is 0 Å². The van der Waals surface area contributed by atoms with E-state index in [9.17, 15) is 18.5 Å². The summed E-state index contributed by atoms with van der Waals surface area (Å²) in [5.41, 5.74) is 0.719. The van der Waals surface area contributed by atoms with Crippen LogP contribution in [-0.2, 0) is 19.6 Å². The van der Waals surface area contributed by atoms with E-state index < -0.39 is 51.3 Å². The van der Waals surface area contributed by atoms with E-state index in [0.29, 0.717) is 29.3 Å². The molecule has 228 valence electrons. The minimum Gasteiger partial charge on any atom is -0.361 e. The Morgan fingerprint density at radius 3 is 2.49 bits per heavy atom. The maximum atomic E-state index is 15.2. The van der Waals surface area contributed by atoms with Crippen molar-refractivity contribution in [3.63, 3.8) is 0 Å². The molecule has 2 aromatic carbocycles. The molecule has 2 aliphatic carbocycles. The molecule has 0 aromatic heterocycles. The standard InChI is InChI=1S/C32H34Cl2FN3O4S/c1-2-5-23(33)14-17-29-31(22-10-12-24(34)13-11-22)38(32(39)30(42-29)18-19-36)28(21-8-9-21)20-37(43(40,41)25-15-16-25)27-7-4-3-6-26(27)35/h2-7,10-14,21,25,28-31H,8-9,15-18,20H2,1H3. The van der Waals surface area contributed by atoms with Crippen LogP contribution in [0.25, 0.3) is 0 Å². The van der Waals surface area contributed by atoms with Gasteiger partial charge in [-0.25, -0.2) is 12.8 Å². The first-order valence-corrected chi connectivity index (χ1v) is 16.8. The van der Waals surface area contributed by atoms with Gasteiger partial charge in [0.05, 0.1) is 48.2 Å². The zero-order chi connectivity index (χ0) is 30.7. The summed E-state index contributed by atoms with van der Waals surface area (Å²) in [6, 6.07) is 13.8. The minimum atomic E-state index is -3.89. The van der Waals surface area contributed by atoms with Gasteiger partial charge in [0.2, 0.25) is 10.0 Å². The third kappa shape index (κ3) is 7.09. The smallest absolute Gasteiger partial charge is 0.253 e. The van der Waals surface area contributed by atoms with Crippen molar-refractivity contribution in [3.8, 4) is 6.07 Å². The van der Waals surface area contributed by atoms with Crippen LogP contribution in [-0.4, -0.2) is 49.3 Å². The van der Waals surface area contributed by atoms with E-state index in [1.54, 1.807) is 29.2 Å². The lowest BCUT2D eigenvalue weighted by Gasteiger charge is -2.48. The zero-order valence-electron chi connectivity index (χ0n) is 23.8. The number of nitriles is 1. The predicted molar refractivity (Wildman–Crippen MR) is 165 cm³/mol. The number of ether oxygens (including phenoxy) is 1. The van der Waals surface area contributed by atoms with Crippen molar-refractivity contribution < 1.29 is 22.3 Å². The number of amides is 1. The number of para-hydroxylation sites is 1. The molecule has 4 atom stereocenters. The number of carbonyl (C=O) groups excluding carboxylic acids is 1. The van der Waals surface area contributed by atoms with Gasteiger partial charge in [-0.3, -0.25) is 9.10 Å². The van der Waals surface area contributed by atoms with Crippen molar-refractivity contribution in [2.75, 3.05) is 10.8 Å². The highest BCUT2D eigenvalue weighted by Crippen LogP contribution is 2.45. The van der Waals surface area contributed by atoms with Crippen LogP contribution in [0.3, 0.4) is 0 Å². The highest BCUT2D eigenvalue weighted by atomic mass is 35.5. The predicted octanol–water partition coefficient (Wildman–Crippen LogP) is 6.90. The van der Waals surface area contributed by atoms with E-state index >= 15 is 4.39 Å². The Balaban J connectivity index is 1.62. The maximum Gasteiger partial charge on any atom is 0.253 e. The van der Waals surface area contributed by atoms with Crippen LogP contribution in [0.1, 0.15) is 57.1 Å². The molecule has 2 saturated carbocycles. The van der Waals surface area contributed by atoms with E-state index in [1.165, 1.54) is 22.5 Å². The van der Waals surface area contributed by atoms with Gasteiger partial charge in [-0.05, 0) is 80.9 Å². The number of hydrogen-bond donors (Lipinski definition) is 0. The second-order valence-electron chi connectivity index (χ2n) is 11.2. The van der Waals surface area contributed by atoms with Crippen molar-refractivity contribution in [2.24, 2.45) is 5.92 Å². The summed E-state index contributed by atoms with van der Waals surface area (Å²) >= 11 is 12.6. The molecule has 7 nitrogen and oxygen atoms in total. The molecule has 11 heteroatoms. The molecule has 0 bridgehead atoms. The van der Waals surface area contributed by atoms with Gasteiger partial charge in [0.25, 0.3) is 5.91 Å². The summed E-state index contributed by atoms with van der Waals surface area (Å²) in [5, 5.41) is 10.0. The van der Waals surface area contributed by atoms with Crippen molar-refractivity contribution in [2.45, 2.75) is 75.0 Å². The average molecular weight is 647 g/mol. The summed E-state index contributed by atoms with van der Waals surface area (Å²) in [6.45, 7) is 1.74. The molecule has 0 N–H and O–H groups in total. The molecule has 1 aliphatic heterocycles. The van der Waals surface area contributed by atoms with Crippen molar-refractivity contribution >= 4 is 44.8 Å². The zero-order valence-corrected chi connectivity index (χ0v) is 26.1. The maximum absolute atomic E-state index is 15.2. The molecule has 0 radical (unpaired) electrons. The first kappa shape index (κ1) is 31.5. The molecule has 5 rings (SSSR count). The number of rotatable bonds is 12. The Hall–Kier alpha value is -2.90. The second-order valence-corrected chi connectivity index (χ2v) is 14.2. The summed E-state index contributed by atoms with van der Waals surface area (Å²) in [4.78, 5) is 15.9. The van der Waals surface area contributed by atoms with Crippen LogP contribution in [0.4, 0.5) is 10.1 Å². The molecule has 1 heterocycles. The summed E-state index contributed by atoms with van der Waals surface area (Å²) in [6.07, 6.45) is 6.49. The number of nitrogens with zero attached hydrogens (tertiary/aromatic N) is 3. The van der Waals surface area contributed by atoms with Gasteiger partial charge in [-0.15, -0.1) is 0 Å². The van der Waals surface area contributed by atoms with Crippen molar-refractivity contribution in [3.05, 3.63) is 88.2 Å². The largest absolute Gasteiger partial charge is 0.361 e. The second kappa shape index (κ2) is 13.4. The molecular formula is C32H34Cl2FN3O4S. The molecule has 0 spiro atoms. The van der Waals surface area contributed by atoms with Crippen LogP contribution in [0, 0.1) is 23.1 Å². The minimum absolute atomic E-state index is 0.00827. The third-order valence-electron chi connectivity index (χ3n) is 8.13. The summed E-state index contributed by atoms with van der Waals surface area (Å²) in [5.74, 6) is -1.05. The Bertz CT molecular complexity index is 1530. The van der Waals surface area contributed by atoms with Crippen LogP contribution in [0.5, 0.6) is 0 Å². The fraction of sp³-hybridized carbons (Fsp3) is 0.438. The molecule has 1 amide bonds. The van der Waals surface area contributed by atoms with E-state index in [4.69, 9.17) is 27.9 Å². The van der Waals surface area contributed by atoms with Crippen LogP contribution >= 0.6 is 23.2 Å². The van der Waals surface area contributed by atoms with Gasteiger partial charge in [0.15, 0.2) is 0 Å². The number of carbonyl (C=O) groups is 1. The number of halogens is 3. The van der Waals surface area contributed by atoms with E-state index in [-0.39, 0.29) is 24.6 Å². The van der Waals surface area contributed by atoms with Gasteiger partial charge < -0.3 is 9.64 Å². The number of morpholine rings is 1. The fourth-order valence-corrected chi connectivity index (χ4v) is 7.96. The van der Waals surface area contributed by atoms with Gasteiger partial charge in [-0.2, -0.15) is 5.26 Å². The number of allylic oxidation sites excluding steroid dienone is 3. The van der Waals surface area contributed by atoms with Crippen molar-refractivity contribution in [1.29, 1.82) is 5.26 Å². The normalized spacial score (nSPS) is 23.8. The van der Waals surface area contributed by atoms with Gasteiger partial charge in [0.1, 0.15) is 11.9 Å². The van der Waals surface area contributed by atoms with Gasteiger partial charge in [-0.1, -0.05) is 59.6 Å². The van der Waals surface area contributed by atoms with E-state index in [0.717, 1.165) is 18.4 Å². The molecule has 3 fully saturated rings. The quantitative estimate of drug-likeness (QED) is 0.234. The first-order chi connectivity index (χ1) is 20.6. The Labute approximate surface area is 262 Å². The summed E-state index contributed by atoms with van der Waals surface area (Å²) in [7, 11) is -3.89. The lowest BCUT2D eigenvalue weighted by molar-refractivity contribution is -0.177. The van der Waals surface area contributed by atoms with E-state index in [1.807, 2.05) is 31.2 Å². The monoisotopic (exact) mass is 645 g/mol. The first-order valence-electron chi connectivity index (χ1n) is 14.5. The SMILES string of the molecule is CC=CC(Cl)=CCC1OC(CC#N)C(=O)N(C(CN(c2ccccc2F)S(=O)(=O)C2CC2)C2CC2)C1c1ccc(Cl)cc1. The lowest BCUT2D eigenvalue weighted by Crippen LogP contribution is -2.60. The molecule has 2 aromatic rings. The molecule has 43 heavy (non-hydrogen) atoms. The Morgan fingerprint density at radius 1 is 1.19 bits per heavy atom. The topological polar surface area (TPSA) is 90.7 Å². The van der Waals surface area contributed by atoms with Crippen LogP contribution in [0.2, 0.25) is 5.02 Å². The lowest BCUT2D eigenvalue weighted by atomic mass is 9.91. The number of anilines is 1. The van der Waals surface area contributed by atoms with E-state index in [2.05, 4.69) is 6.07 Å². The third-order valence-corrected chi connectivity index (χ3v) is 10.9. The molecular weight excluding hydrogens is 612 g/mol. The summed E-state index contributed by atoms with van der Waals surface area (Å²) < 4.78 is 50.3. The van der Waals surface area contributed by atoms with Gasteiger partial charge in [0, 0.05) is 10.1 Å². The fourth-order valence-electron chi connectivity index (χ4n) is 5.74. The van der Waals surface area contributed by atoms with Crippen molar-refractivity contribution in [1.82, 2.24) is 4.90 Å². The molecule has 4 unspecified atom stereocenters. The van der Waals surface area contributed by atoms with Crippen LogP contribution < -0.4 is 4.31 Å². The highest BCUT2D eigenvalue weighted by Gasteiger charge is 2.51. The number of benzene rings is 2. The number of hydrogen-bond acceptors (Lipinski definition) is 5. The Kier molecular flexibility index (Phi) is 9.82. The van der Waals surface area contributed by atoms with Crippen LogP contribution in [0.15, 0.2) is 71.8 Å². The Morgan fingerprint density at radius 2 is 1.88 bits per heavy atom. The molecule has 3 aliphatic rings. The highest BCUT2D eigenvalue weighted by molar-refractivity contribution is 7.93. The average Bonchev–Trinajstić information content (AvgIpc) is 3.89.